The van der Waals surface area contributed by atoms with Crippen molar-refractivity contribution in [1.82, 2.24) is 14.0 Å². The maximum absolute atomic E-state index is 12.2. The highest BCUT2D eigenvalue weighted by Crippen LogP contribution is 2.12. The molecule has 0 radical (unpaired) electrons. The van der Waals surface area contributed by atoms with Crippen LogP contribution in [0.5, 0.6) is 0 Å². The second-order valence-corrected chi connectivity index (χ2v) is 4.47. The van der Waals surface area contributed by atoms with Crippen LogP contribution in [0.15, 0.2) is 29.1 Å². The van der Waals surface area contributed by atoms with E-state index < -0.39 is 0 Å². The van der Waals surface area contributed by atoms with Gasteiger partial charge in [0.2, 0.25) is 0 Å². The zero-order chi connectivity index (χ0) is 12.4. The molecule has 1 aromatic heterocycles. The van der Waals surface area contributed by atoms with Gasteiger partial charge in [-0.25, -0.2) is 4.79 Å². The second-order valence-electron chi connectivity index (χ2n) is 4.47. The molecule has 0 aliphatic heterocycles. The molecular weight excluding hydrogens is 214 g/mol. The van der Waals surface area contributed by atoms with Gasteiger partial charge in [-0.1, -0.05) is 12.1 Å². The van der Waals surface area contributed by atoms with Crippen LogP contribution in [0.4, 0.5) is 0 Å². The van der Waals surface area contributed by atoms with E-state index in [1.165, 1.54) is 0 Å². The van der Waals surface area contributed by atoms with Crippen LogP contribution < -0.4 is 5.69 Å². The maximum Gasteiger partial charge on any atom is 0.329 e. The number of benzene rings is 1. The number of aromatic nitrogens is 2. The van der Waals surface area contributed by atoms with E-state index in [9.17, 15) is 4.79 Å². The number of nitrogens with zero attached hydrogens (tertiary/aromatic N) is 3. The highest BCUT2D eigenvalue weighted by molar-refractivity contribution is 5.75. The van der Waals surface area contributed by atoms with Gasteiger partial charge in [-0.2, -0.15) is 0 Å². The van der Waals surface area contributed by atoms with Gasteiger partial charge in [-0.05, 0) is 33.2 Å². The lowest BCUT2D eigenvalue weighted by Crippen LogP contribution is -2.28. The first-order valence-electron chi connectivity index (χ1n) is 5.98. The quantitative estimate of drug-likeness (QED) is 0.798. The summed E-state index contributed by atoms with van der Waals surface area (Å²) in [7, 11) is 4.04. The van der Waals surface area contributed by atoms with Crippen molar-refractivity contribution in [2.75, 3.05) is 20.6 Å². The van der Waals surface area contributed by atoms with Crippen molar-refractivity contribution in [3.8, 4) is 0 Å². The molecule has 0 spiro atoms. The van der Waals surface area contributed by atoms with E-state index in [-0.39, 0.29) is 5.69 Å². The lowest BCUT2D eigenvalue weighted by Gasteiger charge is -2.09. The predicted octanol–water partition coefficient (Wildman–Crippen LogP) is 1.38. The van der Waals surface area contributed by atoms with Gasteiger partial charge in [0.05, 0.1) is 11.0 Å². The molecule has 0 N–H and O–H groups in total. The minimum absolute atomic E-state index is 0.0931. The molecule has 0 amide bonds. The standard InChI is InChI=1S/C13H19N3O/c1-4-15-11-7-5-6-8-12(11)16(13(15)17)10-9-14(2)3/h5-8H,4,9-10H2,1-3H3. The van der Waals surface area contributed by atoms with E-state index in [0.717, 1.165) is 24.1 Å². The van der Waals surface area contributed by atoms with Gasteiger partial charge in [0.25, 0.3) is 0 Å². The first-order chi connectivity index (χ1) is 8.15. The van der Waals surface area contributed by atoms with E-state index in [1.54, 1.807) is 0 Å². The Kier molecular flexibility index (Phi) is 3.33. The van der Waals surface area contributed by atoms with Crippen molar-refractivity contribution in [3.05, 3.63) is 34.7 Å². The normalized spacial score (nSPS) is 11.5. The second kappa shape index (κ2) is 4.75. The highest BCUT2D eigenvalue weighted by atomic mass is 16.1. The van der Waals surface area contributed by atoms with Crippen molar-refractivity contribution in [2.45, 2.75) is 20.0 Å². The lowest BCUT2D eigenvalue weighted by atomic mass is 10.3. The topological polar surface area (TPSA) is 30.2 Å². The molecule has 0 aliphatic carbocycles. The predicted molar refractivity (Wildman–Crippen MR) is 70.4 cm³/mol. The van der Waals surface area contributed by atoms with E-state index in [1.807, 2.05) is 54.4 Å². The van der Waals surface area contributed by atoms with Gasteiger partial charge in [-0.15, -0.1) is 0 Å². The van der Waals surface area contributed by atoms with Crippen LogP contribution in [0.25, 0.3) is 11.0 Å². The third-order valence-electron chi connectivity index (χ3n) is 3.01. The van der Waals surface area contributed by atoms with Crippen molar-refractivity contribution >= 4 is 11.0 Å². The molecule has 1 aromatic carbocycles. The number of hydrogen-bond acceptors (Lipinski definition) is 2. The van der Waals surface area contributed by atoms with E-state index in [0.29, 0.717) is 6.54 Å². The molecule has 0 saturated carbocycles. The molecule has 0 unspecified atom stereocenters. The minimum Gasteiger partial charge on any atom is -0.308 e. The van der Waals surface area contributed by atoms with Crippen LogP contribution >= 0.6 is 0 Å². The summed E-state index contributed by atoms with van der Waals surface area (Å²) in [5.41, 5.74) is 2.15. The fourth-order valence-electron chi connectivity index (χ4n) is 2.09. The Labute approximate surface area is 101 Å². The molecule has 2 aromatic rings. The molecule has 92 valence electrons. The van der Waals surface area contributed by atoms with Crippen molar-refractivity contribution < 1.29 is 0 Å². The molecule has 0 fully saturated rings. The summed E-state index contributed by atoms with van der Waals surface area (Å²) in [5.74, 6) is 0. The molecule has 0 bridgehead atoms. The average Bonchev–Trinajstić information content (AvgIpc) is 2.58. The first kappa shape index (κ1) is 11.9. The summed E-state index contributed by atoms with van der Waals surface area (Å²) < 4.78 is 3.68. The van der Waals surface area contributed by atoms with Crippen LogP contribution in [-0.4, -0.2) is 34.7 Å². The van der Waals surface area contributed by atoms with Gasteiger partial charge in [0.1, 0.15) is 0 Å². The smallest absolute Gasteiger partial charge is 0.308 e. The first-order valence-corrected chi connectivity index (χ1v) is 5.98. The van der Waals surface area contributed by atoms with E-state index >= 15 is 0 Å². The zero-order valence-electron chi connectivity index (χ0n) is 10.7. The summed E-state index contributed by atoms with van der Waals surface area (Å²) in [6, 6.07) is 7.98. The van der Waals surface area contributed by atoms with Crippen LogP contribution in [0.1, 0.15) is 6.92 Å². The summed E-state index contributed by atoms with van der Waals surface area (Å²) in [6.07, 6.45) is 0. The Balaban J connectivity index is 2.54. The van der Waals surface area contributed by atoms with Crippen molar-refractivity contribution in [1.29, 1.82) is 0 Å². The molecular formula is C13H19N3O. The summed E-state index contributed by atoms with van der Waals surface area (Å²) in [4.78, 5) is 14.3. The Morgan fingerprint density at radius 2 is 1.71 bits per heavy atom. The summed E-state index contributed by atoms with van der Waals surface area (Å²) in [5, 5.41) is 0. The molecule has 1 heterocycles. The van der Waals surface area contributed by atoms with Crippen LogP contribution in [-0.2, 0) is 13.1 Å². The third kappa shape index (κ3) is 2.13. The number of imidazole rings is 1. The van der Waals surface area contributed by atoms with Crippen LogP contribution in [0.3, 0.4) is 0 Å². The summed E-state index contributed by atoms with van der Waals surface area (Å²) in [6.45, 7) is 4.33. The Bertz CT molecular complexity index is 566. The fourth-order valence-corrected chi connectivity index (χ4v) is 2.09. The molecule has 4 heteroatoms. The van der Waals surface area contributed by atoms with Gasteiger partial charge in [0.15, 0.2) is 0 Å². The molecule has 0 saturated heterocycles. The Hall–Kier alpha value is -1.55. The molecule has 0 atom stereocenters. The zero-order valence-corrected chi connectivity index (χ0v) is 10.7. The fraction of sp³-hybridized carbons (Fsp3) is 0.462. The average molecular weight is 233 g/mol. The number of rotatable bonds is 4. The number of aryl methyl sites for hydroxylation is 1. The van der Waals surface area contributed by atoms with Gasteiger partial charge in [-0.3, -0.25) is 9.13 Å². The van der Waals surface area contributed by atoms with E-state index in [2.05, 4.69) is 4.90 Å². The molecule has 0 aliphatic rings. The molecule has 2 rings (SSSR count). The number of para-hydroxylation sites is 2. The van der Waals surface area contributed by atoms with Crippen molar-refractivity contribution in [2.24, 2.45) is 0 Å². The minimum atomic E-state index is 0.0931. The monoisotopic (exact) mass is 233 g/mol. The maximum atomic E-state index is 12.2. The highest BCUT2D eigenvalue weighted by Gasteiger charge is 2.10. The van der Waals surface area contributed by atoms with Gasteiger partial charge < -0.3 is 4.90 Å². The number of fused-ring (bicyclic) bond motifs is 1. The van der Waals surface area contributed by atoms with Crippen LogP contribution in [0, 0.1) is 0 Å². The van der Waals surface area contributed by atoms with E-state index in [4.69, 9.17) is 0 Å². The molecule has 17 heavy (non-hydrogen) atoms. The largest absolute Gasteiger partial charge is 0.329 e. The lowest BCUT2D eigenvalue weighted by molar-refractivity contribution is 0.382. The van der Waals surface area contributed by atoms with Gasteiger partial charge >= 0.3 is 5.69 Å². The van der Waals surface area contributed by atoms with Crippen molar-refractivity contribution in [3.63, 3.8) is 0 Å². The molecule has 4 nitrogen and oxygen atoms in total. The van der Waals surface area contributed by atoms with Gasteiger partial charge in [0, 0.05) is 19.6 Å². The summed E-state index contributed by atoms with van der Waals surface area (Å²) >= 11 is 0. The number of hydrogen-bond donors (Lipinski definition) is 0. The third-order valence-corrected chi connectivity index (χ3v) is 3.01. The number of likely N-dealkylation sites (N-methyl/N-ethyl adjacent to an activating group) is 1. The Morgan fingerprint density at radius 3 is 2.24 bits per heavy atom. The van der Waals surface area contributed by atoms with Crippen LogP contribution in [0.2, 0.25) is 0 Å². The Morgan fingerprint density at radius 1 is 1.12 bits per heavy atom. The SMILES string of the molecule is CCn1c(=O)n(CCN(C)C)c2ccccc21.